The molecule has 20 heavy (non-hydrogen) atoms. The highest BCUT2D eigenvalue weighted by Crippen LogP contribution is 2.16. The molecule has 3 nitrogen and oxygen atoms in total. The van der Waals surface area contributed by atoms with Crippen LogP contribution in [0, 0.1) is 0 Å². The zero-order chi connectivity index (χ0) is 13.6. The number of fused-ring (bicyclic) bond motifs is 1. The van der Waals surface area contributed by atoms with E-state index in [0.717, 1.165) is 25.2 Å². The topological polar surface area (TPSA) is 37.8 Å². The van der Waals surface area contributed by atoms with Gasteiger partial charge in [-0.15, -0.1) is 0 Å². The van der Waals surface area contributed by atoms with Gasteiger partial charge in [0.05, 0.1) is 0 Å². The van der Waals surface area contributed by atoms with Gasteiger partial charge in [-0.2, -0.15) is 0 Å². The van der Waals surface area contributed by atoms with Crippen molar-refractivity contribution in [1.82, 2.24) is 15.3 Å². The molecular weight excluding hydrogens is 246 g/mol. The first-order valence-corrected chi connectivity index (χ1v) is 6.86. The van der Waals surface area contributed by atoms with Gasteiger partial charge in [0.2, 0.25) is 0 Å². The van der Waals surface area contributed by atoms with Crippen molar-refractivity contribution in [1.29, 1.82) is 0 Å². The highest BCUT2D eigenvalue weighted by Gasteiger charge is 2.00. The van der Waals surface area contributed by atoms with Crippen molar-refractivity contribution in [2.75, 3.05) is 6.54 Å². The molecule has 0 unspecified atom stereocenters. The van der Waals surface area contributed by atoms with E-state index in [1.54, 1.807) is 0 Å². The summed E-state index contributed by atoms with van der Waals surface area (Å²) < 4.78 is 0. The van der Waals surface area contributed by atoms with Crippen molar-refractivity contribution < 1.29 is 0 Å². The summed E-state index contributed by atoms with van der Waals surface area (Å²) in [6, 6.07) is 14.4. The third-order valence-corrected chi connectivity index (χ3v) is 3.35. The molecule has 0 saturated heterocycles. The molecule has 0 aliphatic carbocycles. The SMILES string of the molecule is c1ccc(CCNCc2cncc3ccccc23)nc1. The first-order chi connectivity index (χ1) is 9.93. The van der Waals surface area contributed by atoms with Gasteiger partial charge in [-0.25, -0.2) is 0 Å². The first-order valence-electron chi connectivity index (χ1n) is 6.86. The molecular formula is C17H17N3. The zero-order valence-electron chi connectivity index (χ0n) is 11.3. The molecule has 3 rings (SSSR count). The number of rotatable bonds is 5. The van der Waals surface area contributed by atoms with Crippen molar-refractivity contribution in [3.05, 3.63) is 72.3 Å². The second-order valence-corrected chi connectivity index (χ2v) is 4.77. The fourth-order valence-corrected chi connectivity index (χ4v) is 2.31. The van der Waals surface area contributed by atoms with Crippen LogP contribution in [0.5, 0.6) is 0 Å². The number of nitrogens with one attached hydrogen (secondary N) is 1. The fraction of sp³-hybridized carbons (Fsp3) is 0.176. The predicted octanol–water partition coefficient (Wildman–Crippen LogP) is 2.96. The lowest BCUT2D eigenvalue weighted by atomic mass is 10.1. The number of pyridine rings is 2. The molecule has 0 spiro atoms. The largest absolute Gasteiger partial charge is 0.312 e. The van der Waals surface area contributed by atoms with Crippen molar-refractivity contribution >= 4 is 10.8 Å². The minimum atomic E-state index is 0.835. The Hall–Kier alpha value is -2.26. The highest BCUT2D eigenvalue weighted by atomic mass is 14.9. The van der Waals surface area contributed by atoms with Crippen LogP contribution in [-0.4, -0.2) is 16.5 Å². The number of benzene rings is 1. The van der Waals surface area contributed by atoms with E-state index < -0.39 is 0 Å². The van der Waals surface area contributed by atoms with E-state index >= 15 is 0 Å². The minimum Gasteiger partial charge on any atom is -0.312 e. The zero-order valence-corrected chi connectivity index (χ0v) is 11.3. The summed E-state index contributed by atoms with van der Waals surface area (Å²) in [5.74, 6) is 0. The molecule has 1 aromatic carbocycles. The molecule has 3 aromatic rings. The maximum Gasteiger partial charge on any atom is 0.0416 e. The molecule has 0 atom stereocenters. The Bertz CT molecular complexity index is 675. The summed E-state index contributed by atoms with van der Waals surface area (Å²) in [4.78, 5) is 8.62. The Kier molecular flexibility index (Phi) is 3.99. The standard InChI is InChI=1S/C17H17N3/c1-2-7-17-14(5-1)11-19-13-15(17)12-18-10-8-16-6-3-4-9-20-16/h1-7,9,11,13,18H,8,10,12H2. The van der Waals surface area contributed by atoms with E-state index in [9.17, 15) is 0 Å². The molecule has 0 saturated carbocycles. The molecule has 3 heteroatoms. The van der Waals surface area contributed by atoms with Gasteiger partial charge in [0.15, 0.2) is 0 Å². The molecule has 0 radical (unpaired) electrons. The summed E-state index contributed by atoms with van der Waals surface area (Å²) in [5.41, 5.74) is 2.36. The third-order valence-electron chi connectivity index (χ3n) is 3.35. The highest BCUT2D eigenvalue weighted by molar-refractivity contribution is 5.84. The Morgan fingerprint density at radius 1 is 0.950 bits per heavy atom. The van der Waals surface area contributed by atoms with Crippen LogP contribution < -0.4 is 5.32 Å². The quantitative estimate of drug-likeness (QED) is 0.719. The monoisotopic (exact) mass is 263 g/mol. The predicted molar refractivity (Wildman–Crippen MR) is 81.4 cm³/mol. The molecule has 0 bridgehead atoms. The number of aromatic nitrogens is 2. The molecule has 0 aliphatic heterocycles. The van der Waals surface area contributed by atoms with E-state index in [1.165, 1.54) is 16.3 Å². The van der Waals surface area contributed by atoms with Crippen molar-refractivity contribution in [3.63, 3.8) is 0 Å². The van der Waals surface area contributed by atoms with Crippen molar-refractivity contribution in [2.24, 2.45) is 0 Å². The van der Waals surface area contributed by atoms with Gasteiger partial charge in [0.25, 0.3) is 0 Å². The van der Waals surface area contributed by atoms with E-state index in [4.69, 9.17) is 0 Å². The van der Waals surface area contributed by atoms with E-state index in [-0.39, 0.29) is 0 Å². The molecule has 0 amide bonds. The third kappa shape index (κ3) is 3.00. The molecule has 0 fully saturated rings. The lowest BCUT2D eigenvalue weighted by Gasteiger charge is -2.07. The second-order valence-electron chi connectivity index (χ2n) is 4.77. The maximum atomic E-state index is 4.32. The molecule has 0 aliphatic rings. The lowest BCUT2D eigenvalue weighted by molar-refractivity contribution is 0.681. The summed E-state index contributed by atoms with van der Waals surface area (Å²) in [7, 11) is 0. The minimum absolute atomic E-state index is 0.835. The Morgan fingerprint density at radius 3 is 2.75 bits per heavy atom. The molecule has 2 heterocycles. The van der Waals surface area contributed by atoms with Gasteiger partial charge in [0.1, 0.15) is 0 Å². The van der Waals surface area contributed by atoms with Crippen LogP contribution in [0.4, 0.5) is 0 Å². The molecule has 2 aromatic heterocycles. The van der Waals surface area contributed by atoms with E-state index in [1.807, 2.05) is 36.8 Å². The molecule has 100 valence electrons. The van der Waals surface area contributed by atoms with Crippen molar-refractivity contribution in [2.45, 2.75) is 13.0 Å². The van der Waals surface area contributed by atoms with E-state index in [0.29, 0.717) is 0 Å². The summed E-state index contributed by atoms with van der Waals surface area (Å²) in [6.07, 6.45) is 6.63. The number of hydrogen-bond donors (Lipinski definition) is 1. The van der Waals surface area contributed by atoms with Crippen LogP contribution in [0.2, 0.25) is 0 Å². The Morgan fingerprint density at radius 2 is 1.85 bits per heavy atom. The Balaban J connectivity index is 1.60. The fourth-order valence-electron chi connectivity index (χ4n) is 2.31. The molecule has 1 N–H and O–H groups in total. The van der Waals surface area contributed by atoms with Crippen LogP contribution >= 0.6 is 0 Å². The van der Waals surface area contributed by atoms with Crippen LogP contribution in [-0.2, 0) is 13.0 Å². The van der Waals surface area contributed by atoms with Gasteiger partial charge >= 0.3 is 0 Å². The summed E-state index contributed by atoms with van der Waals surface area (Å²) in [5, 5.41) is 5.92. The van der Waals surface area contributed by atoms with Gasteiger partial charge in [0, 0.05) is 49.2 Å². The average molecular weight is 263 g/mol. The second kappa shape index (κ2) is 6.26. The van der Waals surface area contributed by atoms with E-state index in [2.05, 4.69) is 39.6 Å². The summed E-state index contributed by atoms with van der Waals surface area (Å²) >= 11 is 0. The van der Waals surface area contributed by atoms with Gasteiger partial charge < -0.3 is 5.32 Å². The normalized spacial score (nSPS) is 10.8. The number of hydrogen-bond acceptors (Lipinski definition) is 3. The van der Waals surface area contributed by atoms with Crippen LogP contribution in [0.25, 0.3) is 10.8 Å². The summed E-state index contributed by atoms with van der Waals surface area (Å²) in [6.45, 7) is 1.75. The van der Waals surface area contributed by atoms with Gasteiger partial charge in [-0.05, 0) is 23.1 Å². The van der Waals surface area contributed by atoms with Crippen LogP contribution in [0.1, 0.15) is 11.3 Å². The first kappa shape index (κ1) is 12.8. The van der Waals surface area contributed by atoms with Crippen LogP contribution in [0.15, 0.2) is 61.1 Å². The van der Waals surface area contributed by atoms with Crippen LogP contribution in [0.3, 0.4) is 0 Å². The Labute approximate surface area is 118 Å². The van der Waals surface area contributed by atoms with Gasteiger partial charge in [-0.1, -0.05) is 30.3 Å². The average Bonchev–Trinajstić information content (AvgIpc) is 2.53. The lowest BCUT2D eigenvalue weighted by Crippen LogP contribution is -2.17. The van der Waals surface area contributed by atoms with Gasteiger partial charge in [-0.3, -0.25) is 9.97 Å². The van der Waals surface area contributed by atoms with Crippen molar-refractivity contribution in [3.8, 4) is 0 Å². The maximum absolute atomic E-state index is 4.32. The smallest absolute Gasteiger partial charge is 0.0416 e. The number of nitrogens with zero attached hydrogens (tertiary/aromatic N) is 2.